The summed E-state index contributed by atoms with van der Waals surface area (Å²) < 4.78 is 30.9. The van der Waals surface area contributed by atoms with Crippen LogP contribution in [-0.4, -0.2) is 49.4 Å². The number of carboxylic acids is 1. The molecule has 1 heterocycles. The van der Waals surface area contributed by atoms with E-state index in [1.54, 1.807) is 6.08 Å². The molecular weight excluding hydrogens is 274 g/mol. The monoisotopic (exact) mass is 289 g/mol. The Morgan fingerprint density at radius 3 is 2.95 bits per heavy atom. The molecule has 8 nitrogen and oxygen atoms in total. The molecule has 0 saturated heterocycles. The second-order valence-corrected chi connectivity index (χ2v) is 5.21. The van der Waals surface area contributed by atoms with Crippen molar-refractivity contribution >= 4 is 16.0 Å². The molecule has 0 aromatic carbocycles. The normalized spacial score (nSPS) is 11.4. The van der Waals surface area contributed by atoms with Crippen LogP contribution < -0.4 is 4.72 Å². The number of carbonyl (C=O) groups is 1. The molecule has 9 heteroatoms. The summed E-state index contributed by atoms with van der Waals surface area (Å²) >= 11 is 0. The summed E-state index contributed by atoms with van der Waals surface area (Å²) in [5, 5.41) is 13.9. The van der Waals surface area contributed by atoms with E-state index in [1.165, 1.54) is 0 Å². The summed E-state index contributed by atoms with van der Waals surface area (Å²) in [4.78, 5) is 10.8. The van der Waals surface area contributed by atoms with Gasteiger partial charge in [-0.3, -0.25) is 5.10 Å². The maximum Gasteiger partial charge on any atom is 0.340 e. The lowest BCUT2D eigenvalue weighted by atomic mass is 10.4. The Morgan fingerprint density at radius 1 is 1.58 bits per heavy atom. The average Bonchev–Trinajstić information content (AvgIpc) is 2.83. The number of aromatic nitrogens is 2. The number of sulfonamides is 1. The lowest BCUT2D eigenvalue weighted by Gasteiger charge is -2.06. The SMILES string of the molecule is C=CCCOCCNS(=O)(=O)c1[nH]ncc1C(=O)O. The van der Waals surface area contributed by atoms with Crippen LogP contribution in [0.4, 0.5) is 0 Å². The fraction of sp³-hybridized carbons (Fsp3) is 0.400. The second-order valence-electron chi connectivity index (χ2n) is 3.51. The number of aromatic carboxylic acids is 1. The predicted molar refractivity (Wildman–Crippen MR) is 66.4 cm³/mol. The highest BCUT2D eigenvalue weighted by Gasteiger charge is 2.24. The molecular formula is C10H15N3O5S. The Labute approximate surface area is 110 Å². The van der Waals surface area contributed by atoms with Crippen LogP contribution in [0.3, 0.4) is 0 Å². The fourth-order valence-corrected chi connectivity index (χ4v) is 2.32. The smallest absolute Gasteiger partial charge is 0.340 e. The van der Waals surface area contributed by atoms with Crippen LogP contribution in [0.25, 0.3) is 0 Å². The van der Waals surface area contributed by atoms with Crippen molar-refractivity contribution in [3.05, 3.63) is 24.4 Å². The van der Waals surface area contributed by atoms with E-state index in [-0.39, 0.29) is 13.2 Å². The van der Waals surface area contributed by atoms with Crippen molar-refractivity contribution in [3.63, 3.8) is 0 Å². The molecule has 0 aliphatic heterocycles. The molecule has 0 radical (unpaired) electrons. The molecule has 0 amide bonds. The van der Waals surface area contributed by atoms with Crippen LogP contribution in [0.5, 0.6) is 0 Å². The zero-order valence-corrected chi connectivity index (χ0v) is 10.9. The third-order valence-corrected chi connectivity index (χ3v) is 3.54. The van der Waals surface area contributed by atoms with Gasteiger partial charge < -0.3 is 9.84 Å². The number of rotatable bonds is 9. The van der Waals surface area contributed by atoms with Gasteiger partial charge in [-0.05, 0) is 6.42 Å². The van der Waals surface area contributed by atoms with Gasteiger partial charge in [0.1, 0.15) is 5.56 Å². The van der Waals surface area contributed by atoms with Crippen molar-refractivity contribution in [2.24, 2.45) is 0 Å². The van der Waals surface area contributed by atoms with Gasteiger partial charge >= 0.3 is 5.97 Å². The van der Waals surface area contributed by atoms with Gasteiger partial charge in [-0.25, -0.2) is 17.9 Å². The number of aromatic amines is 1. The van der Waals surface area contributed by atoms with E-state index in [0.717, 1.165) is 6.20 Å². The van der Waals surface area contributed by atoms with Crippen molar-refractivity contribution in [2.75, 3.05) is 19.8 Å². The Kier molecular flexibility index (Phi) is 5.67. The molecule has 1 rings (SSSR count). The lowest BCUT2D eigenvalue weighted by Crippen LogP contribution is -2.29. The summed E-state index contributed by atoms with van der Waals surface area (Å²) in [7, 11) is -3.93. The van der Waals surface area contributed by atoms with Gasteiger partial charge in [0.15, 0.2) is 5.03 Å². The van der Waals surface area contributed by atoms with Crippen LogP contribution in [0.2, 0.25) is 0 Å². The minimum atomic E-state index is -3.93. The summed E-state index contributed by atoms with van der Waals surface area (Å²) in [6.07, 6.45) is 3.31. The molecule has 0 bridgehead atoms. The van der Waals surface area contributed by atoms with E-state index in [1.807, 2.05) is 0 Å². The summed E-state index contributed by atoms with van der Waals surface area (Å²) in [6.45, 7) is 4.20. The molecule has 19 heavy (non-hydrogen) atoms. The molecule has 0 spiro atoms. The summed E-state index contributed by atoms with van der Waals surface area (Å²) in [6, 6.07) is 0. The standard InChI is InChI=1S/C10H15N3O5S/c1-2-3-5-18-6-4-12-19(16,17)9-8(10(14)15)7-11-13-9/h2,7,12H,1,3-6H2,(H,11,13)(H,14,15). The highest BCUT2D eigenvalue weighted by atomic mass is 32.2. The minimum absolute atomic E-state index is 0.0392. The third-order valence-electron chi connectivity index (χ3n) is 2.11. The van der Waals surface area contributed by atoms with Gasteiger partial charge in [0.25, 0.3) is 10.0 Å². The maximum absolute atomic E-state index is 11.8. The van der Waals surface area contributed by atoms with Gasteiger partial charge in [-0.1, -0.05) is 6.08 Å². The second kappa shape index (κ2) is 7.02. The molecule has 1 aromatic heterocycles. The fourth-order valence-electron chi connectivity index (χ4n) is 1.22. The van der Waals surface area contributed by atoms with Crippen molar-refractivity contribution in [2.45, 2.75) is 11.4 Å². The Morgan fingerprint density at radius 2 is 2.32 bits per heavy atom. The van der Waals surface area contributed by atoms with Gasteiger partial charge in [-0.15, -0.1) is 6.58 Å². The number of ether oxygens (including phenoxy) is 1. The van der Waals surface area contributed by atoms with Crippen molar-refractivity contribution in [1.82, 2.24) is 14.9 Å². The summed E-state index contributed by atoms with van der Waals surface area (Å²) in [5.74, 6) is -1.36. The Hall–Kier alpha value is -1.71. The highest BCUT2D eigenvalue weighted by Crippen LogP contribution is 2.10. The van der Waals surface area contributed by atoms with Crippen molar-refractivity contribution in [1.29, 1.82) is 0 Å². The van der Waals surface area contributed by atoms with E-state index >= 15 is 0 Å². The molecule has 0 atom stereocenters. The maximum atomic E-state index is 11.8. The molecule has 0 aliphatic carbocycles. The molecule has 3 N–H and O–H groups in total. The first-order chi connectivity index (χ1) is 8.99. The van der Waals surface area contributed by atoms with Gasteiger partial charge in [0.2, 0.25) is 0 Å². The van der Waals surface area contributed by atoms with Crippen molar-refractivity contribution < 1.29 is 23.1 Å². The predicted octanol–water partition coefficient (Wildman–Crippen LogP) is -0.0211. The Balaban J connectivity index is 2.54. The van der Waals surface area contributed by atoms with Gasteiger partial charge in [-0.2, -0.15) is 5.10 Å². The first kappa shape index (κ1) is 15.3. The largest absolute Gasteiger partial charge is 0.478 e. The van der Waals surface area contributed by atoms with Crippen LogP contribution in [0.15, 0.2) is 23.9 Å². The molecule has 106 valence electrons. The zero-order valence-electron chi connectivity index (χ0n) is 10.1. The van der Waals surface area contributed by atoms with E-state index in [0.29, 0.717) is 13.0 Å². The van der Waals surface area contributed by atoms with Gasteiger partial charge in [0.05, 0.1) is 19.4 Å². The third kappa shape index (κ3) is 4.47. The molecule has 0 unspecified atom stereocenters. The molecule has 0 fully saturated rings. The number of nitrogens with zero attached hydrogens (tertiary/aromatic N) is 1. The zero-order chi connectivity index (χ0) is 14.3. The molecule has 0 aliphatic rings. The summed E-state index contributed by atoms with van der Waals surface area (Å²) in [5.41, 5.74) is -0.403. The molecule has 1 aromatic rings. The van der Waals surface area contributed by atoms with Crippen LogP contribution in [0.1, 0.15) is 16.8 Å². The first-order valence-electron chi connectivity index (χ1n) is 5.44. The quantitative estimate of drug-likeness (QED) is 0.434. The van der Waals surface area contributed by atoms with Gasteiger partial charge in [0, 0.05) is 6.54 Å². The minimum Gasteiger partial charge on any atom is -0.478 e. The Bertz CT molecular complexity index is 537. The van der Waals surface area contributed by atoms with Crippen LogP contribution in [0, 0.1) is 0 Å². The van der Waals surface area contributed by atoms with Crippen LogP contribution >= 0.6 is 0 Å². The average molecular weight is 289 g/mol. The topological polar surface area (TPSA) is 121 Å². The molecule has 0 saturated carbocycles. The number of H-pyrrole nitrogens is 1. The number of nitrogens with one attached hydrogen (secondary N) is 2. The number of hydrogen-bond donors (Lipinski definition) is 3. The lowest BCUT2D eigenvalue weighted by molar-refractivity contribution is 0.0692. The first-order valence-corrected chi connectivity index (χ1v) is 6.92. The number of carboxylic acid groups (broad SMARTS) is 1. The van der Waals surface area contributed by atoms with Crippen molar-refractivity contribution in [3.8, 4) is 0 Å². The number of hydrogen-bond acceptors (Lipinski definition) is 5. The van der Waals surface area contributed by atoms with Crippen LogP contribution in [-0.2, 0) is 14.8 Å². The van der Waals surface area contributed by atoms with E-state index in [4.69, 9.17) is 9.84 Å². The van der Waals surface area contributed by atoms with E-state index in [2.05, 4.69) is 21.5 Å². The van der Waals surface area contributed by atoms with E-state index < -0.39 is 26.6 Å². The van der Waals surface area contributed by atoms with E-state index in [9.17, 15) is 13.2 Å². The highest BCUT2D eigenvalue weighted by molar-refractivity contribution is 7.89.